The Balaban J connectivity index is 1.81. The van der Waals surface area contributed by atoms with Gasteiger partial charge < -0.3 is 10.6 Å². The summed E-state index contributed by atoms with van der Waals surface area (Å²) in [6.07, 6.45) is 5.03. The van der Waals surface area contributed by atoms with Crippen LogP contribution in [-0.2, 0) is 4.79 Å². The molecule has 0 spiro atoms. The molecule has 1 aliphatic rings. The molecule has 4 heteroatoms. The number of nitrogens with one attached hydrogen (secondary N) is 2. The van der Waals surface area contributed by atoms with Gasteiger partial charge in [-0.1, -0.05) is 38.3 Å². The molecule has 2 N–H and O–H groups in total. The highest BCUT2D eigenvalue weighted by Crippen LogP contribution is 2.30. The van der Waals surface area contributed by atoms with Crippen LogP contribution in [0, 0.1) is 11.8 Å². The topological polar surface area (TPSA) is 41.1 Å². The molecule has 3 nitrogen and oxygen atoms in total. The van der Waals surface area contributed by atoms with E-state index in [4.69, 9.17) is 11.6 Å². The van der Waals surface area contributed by atoms with E-state index in [-0.39, 0.29) is 5.91 Å². The van der Waals surface area contributed by atoms with Crippen LogP contribution < -0.4 is 10.6 Å². The third kappa shape index (κ3) is 5.01. The van der Waals surface area contributed by atoms with Gasteiger partial charge in [0.1, 0.15) is 0 Å². The van der Waals surface area contributed by atoms with Crippen molar-refractivity contribution in [3.63, 3.8) is 0 Å². The van der Waals surface area contributed by atoms with E-state index in [9.17, 15) is 4.79 Å². The minimum atomic E-state index is 0.00500. The fourth-order valence-electron chi connectivity index (χ4n) is 3.17. The molecule has 2 unspecified atom stereocenters. The fraction of sp³-hybridized carbons (Fsp3) is 0.588. The molecule has 0 aliphatic heterocycles. The molecule has 2 rings (SSSR count). The van der Waals surface area contributed by atoms with Gasteiger partial charge >= 0.3 is 0 Å². The Morgan fingerprint density at radius 1 is 1.24 bits per heavy atom. The Labute approximate surface area is 132 Å². The smallest absolute Gasteiger partial charge is 0.238 e. The van der Waals surface area contributed by atoms with Crippen LogP contribution in [0.15, 0.2) is 24.3 Å². The standard InChI is InChI=1S/C17H25ClN2O/c1-12(2)15-5-3-4-6-16(15)19-11-17(21)20-14-9-7-13(18)8-10-14/h7-10,12,15-16,19H,3-6,11H2,1-2H3,(H,20,21). The van der Waals surface area contributed by atoms with Crippen LogP contribution in [-0.4, -0.2) is 18.5 Å². The van der Waals surface area contributed by atoms with Crippen LogP contribution in [0.2, 0.25) is 5.02 Å². The first-order chi connectivity index (χ1) is 10.1. The van der Waals surface area contributed by atoms with E-state index < -0.39 is 0 Å². The summed E-state index contributed by atoms with van der Waals surface area (Å²) in [6.45, 7) is 4.92. The van der Waals surface area contributed by atoms with Crippen LogP contribution in [0.5, 0.6) is 0 Å². The van der Waals surface area contributed by atoms with Gasteiger partial charge in [0.25, 0.3) is 0 Å². The normalized spacial score (nSPS) is 22.3. The van der Waals surface area contributed by atoms with Gasteiger partial charge in [-0.25, -0.2) is 0 Å². The van der Waals surface area contributed by atoms with E-state index >= 15 is 0 Å². The van der Waals surface area contributed by atoms with Gasteiger partial charge in [0.15, 0.2) is 0 Å². The molecule has 1 amide bonds. The van der Waals surface area contributed by atoms with E-state index in [1.807, 2.05) is 12.1 Å². The molecule has 0 radical (unpaired) electrons. The zero-order valence-corrected chi connectivity index (χ0v) is 13.6. The maximum absolute atomic E-state index is 12.0. The van der Waals surface area contributed by atoms with E-state index in [1.165, 1.54) is 25.7 Å². The number of carbonyl (C=O) groups excluding carboxylic acids is 1. The average molecular weight is 309 g/mol. The first kappa shape index (κ1) is 16.3. The summed E-state index contributed by atoms with van der Waals surface area (Å²) >= 11 is 5.83. The summed E-state index contributed by atoms with van der Waals surface area (Å²) in [6, 6.07) is 7.66. The van der Waals surface area contributed by atoms with Crippen molar-refractivity contribution >= 4 is 23.2 Å². The van der Waals surface area contributed by atoms with Crippen molar-refractivity contribution in [3.8, 4) is 0 Å². The third-order valence-corrected chi connectivity index (χ3v) is 4.58. The Kier molecular flexibility index (Phi) is 6.07. The highest BCUT2D eigenvalue weighted by atomic mass is 35.5. The first-order valence-electron chi connectivity index (χ1n) is 7.85. The molecular formula is C17H25ClN2O. The molecule has 1 fully saturated rings. The molecule has 0 saturated heterocycles. The largest absolute Gasteiger partial charge is 0.325 e. The molecule has 1 saturated carbocycles. The summed E-state index contributed by atoms with van der Waals surface area (Å²) < 4.78 is 0. The third-order valence-electron chi connectivity index (χ3n) is 4.33. The molecule has 1 aromatic carbocycles. The van der Waals surface area contributed by atoms with Crippen LogP contribution in [0.4, 0.5) is 5.69 Å². The summed E-state index contributed by atoms with van der Waals surface area (Å²) in [4.78, 5) is 12.0. The second-order valence-electron chi connectivity index (χ2n) is 6.23. The lowest BCUT2D eigenvalue weighted by atomic mass is 9.78. The number of anilines is 1. The predicted molar refractivity (Wildman–Crippen MR) is 88.7 cm³/mol. The number of hydrogen-bond acceptors (Lipinski definition) is 2. The number of rotatable bonds is 5. The predicted octanol–water partition coefficient (Wildman–Crippen LogP) is 4.08. The molecular weight excluding hydrogens is 284 g/mol. The minimum Gasteiger partial charge on any atom is -0.325 e. The molecule has 2 atom stereocenters. The first-order valence-corrected chi connectivity index (χ1v) is 8.23. The fourth-order valence-corrected chi connectivity index (χ4v) is 3.30. The number of hydrogen-bond donors (Lipinski definition) is 2. The second kappa shape index (κ2) is 7.81. The van der Waals surface area contributed by atoms with Crippen molar-refractivity contribution in [1.82, 2.24) is 5.32 Å². The maximum atomic E-state index is 12.0. The highest BCUT2D eigenvalue weighted by molar-refractivity contribution is 6.30. The Hall–Kier alpha value is -1.06. The van der Waals surface area contributed by atoms with Gasteiger partial charge in [-0.05, 0) is 48.9 Å². The number of carbonyl (C=O) groups is 1. The van der Waals surface area contributed by atoms with E-state index in [2.05, 4.69) is 24.5 Å². The van der Waals surface area contributed by atoms with Crippen LogP contribution in [0.3, 0.4) is 0 Å². The molecule has 1 aliphatic carbocycles. The monoisotopic (exact) mass is 308 g/mol. The zero-order valence-electron chi connectivity index (χ0n) is 12.9. The van der Waals surface area contributed by atoms with Crippen molar-refractivity contribution in [1.29, 1.82) is 0 Å². The van der Waals surface area contributed by atoms with Crippen LogP contribution >= 0.6 is 11.6 Å². The molecule has 116 valence electrons. The summed E-state index contributed by atoms with van der Waals surface area (Å²) in [7, 11) is 0. The van der Waals surface area contributed by atoms with E-state index in [1.54, 1.807) is 12.1 Å². The van der Waals surface area contributed by atoms with Gasteiger partial charge in [-0.15, -0.1) is 0 Å². The van der Waals surface area contributed by atoms with Gasteiger partial charge in [0.2, 0.25) is 5.91 Å². The number of amides is 1. The molecule has 0 aromatic heterocycles. The van der Waals surface area contributed by atoms with E-state index in [0.29, 0.717) is 29.4 Å². The van der Waals surface area contributed by atoms with Crippen molar-refractivity contribution in [2.24, 2.45) is 11.8 Å². The zero-order chi connectivity index (χ0) is 15.2. The summed E-state index contributed by atoms with van der Waals surface area (Å²) in [5.74, 6) is 1.36. The molecule has 0 heterocycles. The average Bonchev–Trinajstić information content (AvgIpc) is 2.48. The summed E-state index contributed by atoms with van der Waals surface area (Å²) in [5, 5.41) is 7.01. The second-order valence-corrected chi connectivity index (χ2v) is 6.67. The lowest BCUT2D eigenvalue weighted by molar-refractivity contribution is -0.115. The number of benzene rings is 1. The minimum absolute atomic E-state index is 0.00500. The molecule has 0 bridgehead atoms. The van der Waals surface area contributed by atoms with Gasteiger partial charge in [0, 0.05) is 16.8 Å². The van der Waals surface area contributed by atoms with E-state index in [0.717, 1.165) is 5.69 Å². The van der Waals surface area contributed by atoms with Crippen molar-refractivity contribution in [2.45, 2.75) is 45.6 Å². The molecule has 21 heavy (non-hydrogen) atoms. The number of halogens is 1. The van der Waals surface area contributed by atoms with Crippen molar-refractivity contribution in [3.05, 3.63) is 29.3 Å². The highest BCUT2D eigenvalue weighted by Gasteiger charge is 2.27. The van der Waals surface area contributed by atoms with Gasteiger partial charge in [-0.3, -0.25) is 4.79 Å². The Bertz CT molecular complexity index is 458. The summed E-state index contributed by atoms with van der Waals surface area (Å²) in [5.41, 5.74) is 0.787. The van der Waals surface area contributed by atoms with Crippen LogP contribution in [0.1, 0.15) is 39.5 Å². The van der Waals surface area contributed by atoms with Gasteiger partial charge in [0.05, 0.1) is 6.54 Å². The lowest BCUT2D eigenvalue weighted by Crippen LogP contribution is -2.44. The van der Waals surface area contributed by atoms with Gasteiger partial charge in [-0.2, -0.15) is 0 Å². The molecule has 1 aromatic rings. The quantitative estimate of drug-likeness (QED) is 0.860. The van der Waals surface area contributed by atoms with Crippen molar-refractivity contribution in [2.75, 3.05) is 11.9 Å². The van der Waals surface area contributed by atoms with Crippen molar-refractivity contribution < 1.29 is 4.79 Å². The Morgan fingerprint density at radius 2 is 1.90 bits per heavy atom. The van der Waals surface area contributed by atoms with Crippen LogP contribution in [0.25, 0.3) is 0 Å². The SMILES string of the molecule is CC(C)C1CCCCC1NCC(=O)Nc1ccc(Cl)cc1. The Morgan fingerprint density at radius 3 is 2.57 bits per heavy atom. The maximum Gasteiger partial charge on any atom is 0.238 e. The lowest BCUT2D eigenvalue weighted by Gasteiger charge is -2.35.